The number of carbonyl (C=O) groups is 1. The number of methoxy groups -OCH3 is 1. The van der Waals surface area contributed by atoms with Crippen molar-refractivity contribution in [2.45, 2.75) is 12.8 Å². The van der Waals surface area contributed by atoms with Crippen LogP contribution in [0.25, 0.3) is 10.9 Å². The molecule has 0 unspecified atom stereocenters. The van der Waals surface area contributed by atoms with Gasteiger partial charge >= 0.3 is 5.97 Å². The van der Waals surface area contributed by atoms with E-state index in [9.17, 15) is 14.3 Å². The van der Waals surface area contributed by atoms with Gasteiger partial charge in [-0.15, -0.1) is 0 Å². The number of aliphatic imine (C=N–C) groups is 1. The third kappa shape index (κ3) is 5.75. The van der Waals surface area contributed by atoms with Crippen LogP contribution in [0.1, 0.15) is 22.3 Å². The first-order valence-corrected chi connectivity index (χ1v) is 11.3. The van der Waals surface area contributed by atoms with E-state index in [4.69, 9.17) is 9.73 Å². The van der Waals surface area contributed by atoms with Gasteiger partial charge in [-0.25, -0.2) is 9.38 Å². The Bertz CT molecular complexity index is 1370. The molecule has 2 N–H and O–H groups in total. The molecule has 0 saturated heterocycles. The number of H-pyrrole nitrogens is 1. The molecule has 0 bridgehead atoms. The number of hydrogen-bond acceptors (Lipinski definition) is 5. The van der Waals surface area contributed by atoms with Crippen molar-refractivity contribution in [1.82, 2.24) is 9.88 Å². The fourth-order valence-corrected chi connectivity index (χ4v) is 3.95. The Morgan fingerprint density at radius 1 is 1.06 bits per heavy atom. The molecule has 0 amide bonds. The first-order chi connectivity index (χ1) is 16.8. The Hall–Kier alpha value is -3.97. The van der Waals surface area contributed by atoms with Crippen molar-refractivity contribution in [3.05, 3.63) is 94.8 Å². The van der Waals surface area contributed by atoms with E-state index < -0.39 is 5.82 Å². The zero-order chi connectivity index (χ0) is 24.9. The van der Waals surface area contributed by atoms with Crippen LogP contribution in [-0.4, -0.2) is 54.4 Å². The highest BCUT2D eigenvalue weighted by atomic mass is 19.1. The number of nitrogens with one attached hydrogen (secondary N) is 1. The number of carbonyl (C=O) groups excluding carboxylic acids is 1. The van der Waals surface area contributed by atoms with Crippen LogP contribution in [0.5, 0.6) is 5.88 Å². The SMILES string of the molecule is COC(=O)Cc1cccc(C(=Nc2ccc(CCN(C)C)cc2)c2c(O)[nH]c3cc(F)ccc23)c1. The van der Waals surface area contributed by atoms with Gasteiger partial charge in [0.05, 0.1) is 36.0 Å². The number of aromatic nitrogens is 1. The highest BCUT2D eigenvalue weighted by Gasteiger charge is 2.20. The van der Waals surface area contributed by atoms with E-state index in [0.29, 0.717) is 33.4 Å². The number of nitrogens with zero attached hydrogens (tertiary/aromatic N) is 2. The number of hydrogen-bond donors (Lipinski definition) is 2. The van der Waals surface area contributed by atoms with Gasteiger partial charge in [0, 0.05) is 17.5 Å². The van der Waals surface area contributed by atoms with Gasteiger partial charge < -0.3 is 19.7 Å². The molecule has 0 aliphatic heterocycles. The molecule has 3 aromatic carbocycles. The Morgan fingerprint density at radius 3 is 2.54 bits per heavy atom. The summed E-state index contributed by atoms with van der Waals surface area (Å²) in [6, 6.07) is 19.7. The van der Waals surface area contributed by atoms with E-state index in [1.165, 1.54) is 24.8 Å². The maximum Gasteiger partial charge on any atom is 0.309 e. The summed E-state index contributed by atoms with van der Waals surface area (Å²) < 4.78 is 18.6. The Kier molecular flexibility index (Phi) is 7.27. The zero-order valence-corrected chi connectivity index (χ0v) is 20.0. The van der Waals surface area contributed by atoms with E-state index in [-0.39, 0.29) is 18.3 Å². The Balaban J connectivity index is 1.82. The molecule has 0 saturated carbocycles. The van der Waals surface area contributed by atoms with Crippen molar-refractivity contribution < 1.29 is 19.0 Å². The van der Waals surface area contributed by atoms with E-state index in [0.717, 1.165) is 18.5 Å². The van der Waals surface area contributed by atoms with Gasteiger partial charge in [-0.2, -0.15) is 0 Å². The number of benzene rings is 3. The lowest BCUT2D eigenvalue weighted by Crippen LogP contribution is -2.14. The first kappa shape index (κ1) is 24.2. The monoisotopic (exact) mass is 473 g/mol. The molecular weight excluding hydrogens is 445 g/mol. The van der Waals surface area contributed by atoms with Crippen molar-refractivity contribution in [3.8, 4) is 5.88 Å². The second kappa shape index (κ2) is 10.5. The number of halogens is 1. The van der Waals surface area contributed by atoms with E-state index in [1.807, 2.05) is 62.6 Å². The van der Waals surface area contributed by atoms with E-state index in [1.54, 1.807) is 6.07 Å². The van der Waals surface area contributed by atoms with Crippen LogP contribution < -0.4 is 0 Å². The van der Waals surface area contributed by atoms with E-state index >= 15 is 0 Å². The average molecular weight is 474 g/mol. The van der Waals surface area contributed by atoms with Crippen molar-refractivity contribution in [3.63, 3.8) is 0 Å². The minimum absolute atomic E-state index is 0.106. The van der Waals surface area contributed by atoms with Crippen LogP contribution in [0.4, 0.5) is 10.1 Å². The normalized spacial score (nSPS) is 11.9. The summed E-state index contributed by atoms with van der Waals surface area (Å²) in [5.41, 5.74) is 4.82. The van der Waals surface area contributed by atoms with Crippen molar-refractivity contribution in [2.24, 2.45) is 4.99 Å². The maximum absolute atomic E-state index is 13.8. The molecule has 35 heavy (non-hydrogen) atoms. The molecule has 180 valence electrons. The summed E-state index contributed by atoms with van der Waals surface area (Å²) in [5, 5.41) is 11.5. The zero-order valence-electron chi connectivity index (χ0n) is 20.0. The van der Waals surface area contributed by atoms with Crippen molar-refractivity contribution in [2.75, 3.05) is 27.7 Å². The number of aromatic hydroxyl groups is 1. The second-order valence-corrected chi connectivity index (χ2v) is 8.67. The number of rotatable bonds is 8. The molecule has 0 atom stereocenters. The second-order valence-electron chi connectivity index (χ2n) is 8.67. The quantitative estimate of drug-likeness (QED) is 0.279. The number of likely N-dealkylation sites (N-methyl/N-ethyl adjacent to an activating group) is 1. The predicted molar refractivity (Wildman–Crippen MR) is 136 cm³/mol. The third-order valence-corrected chi connectivity index (χ3v) is 5.78. The van der Waals surface area contributed by atoms with Gasteiger partial charge in [0.1, 0.15) is 5.82 Å². The largest absolute Gasteiger partial charge is 0.494 e. The number of aromatic amines is 1. The molecule has 0 aliphatic rings. The molecule has 4 rings (SSSR count). The van der Waals surface area contributed by atoms with Gasteiger partial charge in [0.25, 0.3) is 0 Å². The molecule has 7 heteroatoms. The third-order valence-electron chi connectivity index (χ3n) is 5.78. The summed E-state index contributed by atoms with van der Waals surface area (Å²) in [6.07, 6.45) is 1.04. The lowest BCUT2D eigenvalue weighted by molar-refractivity contribution is -0.139. The van der Waals surface area contributed by atoms with Gasteiger partial charge in [-0.05, 0) is 68.0 Å². The minimum atomic E-state index is -0.405. The van der Waals surface area contributed by atoms with Crippen LogP contribution in [-0.2, 0) is 22.4 Å². The molecule has 0 aliphatic carbocycles. The van der Waals surface area contributed by atoms with E-state index in [2.05, 4.69) is 9.88 Å². The molecule has 6 nitrogen and oxygen atoms in total. The number of ether oxygens (including phenoxy) is 1. The first-order valence-electron chi connectivity index (χ1n) is 11.3. The van der Waals surface area contributed by atoms with Crippen LogP contribution >= 0.6 is 0 Å². The Morgan fingerprint density at radius 2 is 1.83 bits per heavy atom. The highest BCUT2D eigenvalue weighted by molar-refractivity contribution is 6.22. The summed E-state index contributed by atoms with van der Waals surface area (Å²) in [6.45, 7) is 0.945. The smallest absolute Gasteiger partial charge is 0.309 e. The van der Waals surface area contributed by atoms with Gasteiger partial charge in [0.2, 0.25) is 0 Å². The summed E-state index contributed by atoms with van der Waals surface area (Å²) in [5.74, 6) is -0.859. The van der Waals surface area contributed by atoms with Gasteiger partial charge in [0.15, 0.2) is 5.88 Å². The lowest BCUT2D eigenvalue weighted by Gasteiger charge is -2.11. The molecule has 0 radical (unpaired) electrons. The van der Waals surface area contributed by atoms with Gasteiger partial charge in [-0.1, -0.05) is 30.3 Å². The fraction of sp³-hybridized carbons (Fsp3) is 0.214. The van der Waals surface area contributed by atoms with Crippen molar-refractivity contribution >= 4 is 28.3 Å². The molecule has 1 heterocycles. The van der Waals surface area contributed by atoms with Crippen LogP contribution in [0.3, 0.4) is 0 Å². The maximum atomic E-state index is 13.8. The molecule has 0 fully saturated rings. The standard InChI is InChI=1S/C28H28FN3O3/c1-32(2)14-13-18-7-10-22(11-8-18)30-27(20-6-4-5-19(15-20)16-25(33)35-3)26-23-12-9-21(29)17-24(23)31-28(26)34/h4-12,15,17,31,34H,13-14,16H2,1-3H3. The Labute approximate surface area is 203 Å². The van der Waals surface area contributed by atoms with Gasteiger partial charge in [-0.3, -0.25) is 4.79 Å². The lowest BCUT2D eigenvalue weighted by atomic mass is 9.98. The number of esters is 1. The van der Waals surface area contributed by atoms with Crippen LogP contribution in [0.2, 0.25) is 0 Å². The van der Waals surface area contributed by atoms with Crippen LogP contribution in [0, 0.1) is 5.82 Å². The molecule has 0 spiro atoms. The topological polar surface area (TPSA) is 77.9 Å². The number of fused-ring (bicyclic) bond motifs is 1. The molecule has 1 aromatic heterocycles. The van der Waals surface area contributed by atoms with Crippen LogP contribution in [0.15, 0.2) is 71.7 Å². The molecule has 4 aromatic rings. The highest BCUT2D eigenvalue weighted by Crippen LogP contribution is 2.32. The summed E-state index contributed by atoms with van der Waals surface area (Å²) >= 11 is 0. The minimum Gasteiger partial charge on any atom is -0.494 e. The average Bonchev–Trinajstić information content (AvgIpc) is 3.16. The molecular formula is C28H28FN3O3. The predicted octanol–water partition coefficient (Wildman–Crippen LogP) is 5.00. The summed E-state index contributed by atoms with van der Waals surface area (Å²) in [7, 11) is 5.43. The summed E-state index contributed by atoms with van der Waals surface area (Å²) in [4.78, 5) is 21.7. The fourth-order valence-electron chi connectivity index (χ4n) is 3.95. The van der Waals surface area contributed by atoms with Crippen molar-refractivity contribution in [1.29, 1.82) is 0 Å².